The van der Waals surface area contributed by atoms with Crippen LogP contribution in [0.1, 0.15) is 29.9 Å². The summed E-state index contributed by atoms with van der Waals surface area (Å²) in [7, 11) is 0. The van der Waals surface area contributed by atoms with Gasteiger partial charge in [0.15, 0.2) is 12.3 Å². The Bertz CT molecular complexity index is 1450. The van der Waals surface area contributed by atoms with E-state index < -0.39 is 4.92 Å². The van der Waals surface area contributed by atoms with Crippen LogP contribution in [0.4, 0.5) is 11.4 Å². The van der Waals surface area contributed by atoms with Crippen molar-refractivity contribution in [1.29, 1.82) is 0 Å². The molecule has 0 aliphatic carbocycles. The Labute approximate surface area is 205 Å². The van der Waals surface area contributed by atoms with Crippen molar-refractivity contribution < 1.29 is 14.6 Å². The number of nitro groups is 1. The van der Waals surface area contributed by atoms with E-state index in [-0.39, 0.29) is 23.4 Å². The summed E-state index contributed by atoms with van der Waals surface area (Å²) in [4.78, 5) is 14.5. The third-order valence-electron chi connectivity index (χ3n) is 6.18. The fourth-order valence-electron chi connectivity index (χ4n) is 4.44. The minimum absolute atomic E-state index is 0.0712. The first-order valence-corrected chi connectivity index (χ1v) is 12.5. The summed E-state index contributed by atoms with van der Waals surface area (Å²) in [5.41, 5.74) is 3.28. The zero-order valence-electron chi connectivity index (χ0n) is 18.7. The number of para-hydroxylation sites is 1. The highest BCUT2D eigenvalue weighted by molar-refractivity contribution is 7.21. The number of hydrogen-bond donors (Lipinski definition) is 0. The van der Waals surface area contributed by atoms with E-state index >= 15 is 0 Å². The molecule has 0 bridgehead atoms. The van der Waals surface area contributed by atoms with Gasteiger partial charge in [0.2, 0.25) is 5.69 Å². The lowest BCUT2D eigenvalue weighted by atomic mass is 9.81. The van der Waals surface area contributed by atoms with Gasteiger partial charge < -0.3 is 5.11 Å². The van der Waals surface area contributed by atoms with Crippen LogP contribution in [-0.2, 0) is 12.0 Å². The van der Waals surface area contributed by atoms with Crippen molar-refractivity contribution in [1.82, 2.24) is 0 Å². The Hall–Kier alpha value is -3.55. The fraction of sp³-hybridized carbons (Fsp3) is 0.148. The van der Waals surface area contributed by atoms with Crippen molar-refractivity contribution in [3.05, 3.63) is 104 Å². The fourth-order valence-corrected chi connectivity index (χ4v) is 6.18. The lowest BCUT2D eigenvalue weighted by Crippen LogP contribution is -2.27. The van der Waals surface area contributed by atoms with Gasteiger partial charge in [0.25, 0.3) is 5.69 Å². The Morgan fingerprint density at radius 3 is 2.59 bits per heavy atom. The number of benzene rings is 2. The molecule has 7 heteroatoms. The summed E-state index contributed by atoms with van der Waals surface area (Å²) in [5, 5.41) is 26.0. The Balaban J connectivity index is 1.57. The highest BCUT2D eigenvalue weighted by atomic mass is 32.1. The van der Waals surface area contributed by atoms with Crippen molar-refractivity contribution in [3.63, 3.8) is 0 Å². The molecule has 2 aromatic carbocycles. The lowest BCUT2D eigenvalue weighted by molar-refractivity contribution is -0.456. The van der Waals surface area contributed by atoms with Gasteiger partial charge in [-0.3, -0.25) is 10.1 Å². The first kappa shape index (κ1) is 22.3. The molecule has 1 aliphatic heterocycles. The monoisotopic (exact) mass is 486 g/mol. The van der Waals surface area contributed by atoms with Gasteiger partial charge in [-0.15, -0.1) is 22.7 Å². The predicted octanol–water partition coefficient (Wildman–Crippen LogP) is 6.75. The third-order valence-corrected chi connectivity index (χ3v) is 8.30. The summed E-state index contributed by atoms with van der Waals surface area (Å²) < 4.78 is 2.11. The zero-order valence-corrected chi connectivity index (χ0v) is 20.4. The molecular weight excluding hydrogens is 464 g/mol. The SMILES string of the molecule is CC1(C)C(/C=C/c2ccc(-c3cccs3)s2)=[N+](Cc2cc([N+](=O)[O-])ccc2[O-])c2ccccc21. The van der Waals surface area contributed by atoms with Crippen molar-refractivity contribution in [2.45, 2.75) is 25.8 Å². The minimum atomic E-state index is -0.461. The highest BCUT2D eigenvalue weighted by Crippen LogP contribution is 2.41. The molecule has 3 heterocycles. The van der Waals surface area contributed by atoms with Gasteiger partial charge in [0, 0.05) is 50.0 Å². The van der Waals surface area contributed by atoms with Crippen molar-refractivity contribution in [2.75, 3.05) is 0 Å². The van der Waals surface area contributed by atoms with E-state index in [1.54, 1.807) is 22.7 Å². The number of non-ortho nitro benzene ring substituents is 1. The van der Waals surface area contributed by atoms with Gasteiger partial charge in [0.1, 0.15) is 0 Å². The van der Waals surface area contributed by atoms with Crippen LogP contribution < -0.4 is 5.11 Å². The van der Waals surface area contributed by atoms with E-state index in [9.17, 15) is 15.2 Å². The topological polar surface area (TPSA) is 69.2 Å². The second-order valence-corrected chi connectivity index (χ2v) is 10.7. The van der Waals surface area contributed by atoms with Gasteiger partial charge in [-0.1, -0.05) is 36.1 Å². The molecule has 0 fully saturated rings. The summed E-state index contributed by atoms with van der Waals surface area (Å²) in [6.45, 7) is 4.61. The molecule has 4 aromatic rings. The first-order valence-electron chi connectivity index (χ1n) is 10.9. The Morgan fingerprint density at radius 1 is 1.00 bits per heavy atom. The average Bonchev–Trinajstić information content (AvgIpc) is 3.54. The number of hydrogen-bond acceptors (Lipinski definition) is 5. The molecule has 34 heavy (non-hydrogen) atoms. The summed E-state index contributed by atoms with van der Waals surface area (Å²) in [5.74, 6) is -0.199. The molecule has 0 spiro atoms. The predicted molar refractivity (Wildman–Crippen MR) is 137 cm³/mol. The van der Waals surface area contributed by atoms with E-state index in [1.807, 2.05) is 18.2 Å². The van der Waals surface area contributed by atoms with Crippen LogP contribution in [0.3, 0.4) is 0 Å². The van der Waals surface area contributed by atoms with Crippen LogP contribution in [0, 0.1) is 10.1 Å². The smallest absolute Gasteiger partial charge is 0.269 e. The van der Waals surface area contributed by atoms with E-state index in [2.05, 4.69) is 66.3 Å². The molecule has 0 saturated carbocycles. The van der Waals surface area contributed by atoms with Gasteiger partial charge in [-0.2, -0.15) is 4.58 Å². The Morgan fingerprint density at radius 2 is 1.82 bits per heavy atom. The summed E-state index contributed by atoms with van der Waals surface area (Å²) in [6, 6.07) is 20.5. The molecule has 0 radical (unpaired) electrons. The van der Waals surface area contributed by atoms with Gasteiger partial charge in [-0.05, 0) is 43.5 Å². The molecule has 5 rings (SSSR count). The van der Waals surface area contributed by atoms with Crippen LogP contribution in [-0.4, -0.2) is 15.2 Å². The van der Waals surface area contributed by atoms with Crippen molar-refractivity contribution >= 4 is 45.8 Å². The largest absolute Gasteiger partial charge is 0.872 e. The molecule has 0 amide bonds. The third kappa shape index (κ3) is 3.97. The number of rotatable bonds is 6. The molecule has 5 nitrogen and oxygen atoms in total. The van der Waals surface area contributed by atoms with Crippen LogP contribution in [0.25, 0.3) is 15.8 Å². The van der Waals surface area contributed by atoms with Crippen LogP contribution >= 0.6 is 22.7 Å². The maximum atomic E-state index is 12.6. The molecule has 0 saturated heterocycles. The number of fused-ring (bicyclic) bond motifs is 1. The van der Waals surface area contributed by atoms with E-state index in [0.29, 0.717) is 5.56 Å². The van der Waals surface area contributed by atoms with E-state index in [4.69, 9.17) is 0 Å². The molecule has 2 aromatic heterocycles. The summed E-state index contributed by atoms with van der Waals surface area (Å²) >= 11 is 3.46. The quantitative estimate of drug-likeness (QED) is 0.172. The van der Waals surface area contributed by atoms with Crippen LogP contribution in [0.15, 0.2) is 78.2 Å². The van der Waals surface area contributed by atoms with Crippen LogP contribution in [0.2, 0.25) is 0 Å². The van der Waals surface area contributed by atoms with Gasteiger partial charge >= 0.3 is 0 Å². The maximum Gasteiger partial charge on any atom is 0.269 e. The molecular formula is C27H22N2O3S2. The standard InChI is InChI=1S/C27H22N2O3S2/c1-27(2)21-6-3-4-7-22(21)28(17-18-16-19(29(31)32)9-12-23(18)30)26(27)14-11-20-10-13-25(34-20)24-8-5-15-33-24/h3-16H,17H2,1-2H3/b14-11+. The normalized spacial score (nSPS) is 14.6. The molecule has 0 N–H and O–H groups in total. The molecule has 1 aliphatic rings. The Kier molecular flexibility index (Phi) is 5.67. The number of nitro benzene ring substituents is 1. The molecule has 0 unspecified atom stereocenters. The van der Waals surface area contributed by atoms with Crippen LogP contribution in [0.5, 0.6) is 5.75 Å². The number of allylic oxidation sites excluding steroid dienone is 1. The van der Waals surface area contributed by atoms with Crippen molar-refractivity contribution in [2.24, 2.45) is 0 Å². The van der Waals surface area contributed by atoms with Gasteiger partial charge in [-0.25, -0.2) is 0 Å². The highest BCUT2D eigenvalue weighted by Gasteiger charge is 2.44. The van der Waals surface area contributed by atoms with Crippen molar-refractivity contribution in [3.8, 4) is 15.5 Å². The average molecular weight is 487 g/mol. The minimum Gasteiger partial charge on any atom is -0.872 e. The maximum absolute atomic E-state index is 12.6. The number of nitrogens with zero attached hydrogens (tertiary/aromatic N) is 2. The molecule has 0 atom stereocenters. The van der Waals surface area contributed by atoms with E-state index in [0.717, 1.165) is 21.8 Å². The number of thiophene rings is 2. The van der Waals surface area contributed by atoms with E-state index in [1.165, 1.54) is 28.0 Å². The second-order valence-electron chi connectivity index (χ2n) is 8.68. The zero-order chi connectivity index (χ0) is 23.9. The second kappa shape index (κ2) is 8.66. The lowest BCUT2D eigenvalue weighted by Gasteiger charge is -2.15. The first-order chi connectivity index (χ1) is 16.3. The van der Waals surface area contributed by atoms with Gasteiger partial charge in [0.05, 0.1) is 10.3 Å². The summed E-state index contributed by atoms with van der Waals surface area (Å²) in [6.07, 6.45) is 4.23. The molecule has 170 valence electrons.